The van der Waals surface area contributed by atoms with Gasteiger partial charge >= 0.3 is 12.1 Å². The maximum absolute atomic E-state index is 15.0. The van der Waals surface area contributed by atoms with Crippen LogP contribution in [0.5, 0.6) is 0 Å². The standard InChI is InChI=1S/C24H23FN6O4/c1-15(32)26-12-20-14-30(24(34)35-20)18-6-7-21(22(25)10-18)17-4-2-16(3-5-17)13-29-9-8-19-11-27-28-31(19)23(29)33/h2-7,10-11,20H,8-9,12-14H2,1H3,(H,26,32). The minimum Gasteiger partial charge on any atom is -0.442 e. The van der Waals surface area contributed by atoms with E-state index in [0.29, 0.717) is 36.3 Å². The SMILES string of the molecule is CC(=O)NCC1CN(c2ccc(-c3ccc(CN4CCc5cnnn5C4=O)cc3)c(F)c2)C(=O)O1. The molecule has 1 atom stereocenters. The van der Waals surface area contributed by atoms with Crippen LogP contribution in [0.1, 0.15) is 18.2 Å². The van der Waals surface area contributed by atoms with E-state index in [1.54, 1.807) is 35.4 Å². The Labute approximate surface area is 200 Å². The van der Waals surface area contributed by atoms with E-state index in [1.807, 2.05) is 12.1 Å². The summed E-state index contributed by atoms with van der Waals surface area (Å²) in [5.74, 6) is -0.689. The van der Waals surface area contributed by atoms with Gasteiger partial charge in [-0.3, -0.25) is 9.69 Å². The van der Waals surface area contributed by atoms with Gasteiger partial charge in [-0.25, -0.2) is 14.0 Å². The highest BCUT2D eigenvalue weighted by molar-refractivity contribution is 5.90. The normalized spacial score (nSPS) is 17.4. The van der Waals surface area contributed by atoms with Gasteiger partial charge in [0.1, 0.15) is 11.9 Å². The predicted octanol–water partition coefficient (Wildman–Crippen LogP) is 2.57. The number of anilines is 1. The number of nitrogens with zero attached hydrogens (tertiary/aromatic N) is 5. The number of ether oxygens (including phenoxy) is 1. The van der Waals surface area contributed by atoms with Gasteiger partial charge in [0.2, 0.25) is 5.91 Å². The van der Waals surface area contributed by atoms with Gasteiger partial charge in [0, 0.05) is 32.0 Å². The lowest BCUT2D eigenvalue weighted by Gasteiger charge is -2.26. The number of benzene rings is 2. The summed E-state index contributed by atoms with van der Waals surface area (Å²) in [4.78, 5) is 38.9. The molecule has 0 radical (unpaired) electrons. The molecule has 0 aliphatic carbocycles. The van der Waals surface area contributed by atoms with Crippen LogP contribution in [-0.2, 0) is 22.5 Å². The van der Waals surface area contributed by atoms with Crippen LogP contribution in [0.3, 0.4) is 0 Å². The summed E-state index contributed by atoms with van der Waals surface area (Å²) in [5.41, 5.74) is 3.16. The quantitative estimate of drug-likeness (QED) is 0.583. The molecule has 35 heavy (non-hydrogen) atoms. The Morgan fingerprint density at radius 3 is 2.74 bits per heavy atom. The maximum atomic E-state index is 15.0. The molecular weight excluding hydrogens is 455 g/mol. The Bertz CT molecular complexity index is 1290. The highest BCUT2D eigenvalue weighted by Crippen LogP contribution is 2.29. The van der Waals surface area contributed by atoms with E-state index in [0.717, 1.165) is 11.3 Å². The molecule has 3 heterocycles. The Hall–Kier alpha value is -4.28. The number of aromatic nitrogens is 3. The summed E-state index contributed by atoms with van der Waals surface area (Å²) in [6.45, 7) is 2.80. The second kappa shape index (κ2) is 9.16. The number of halogens is 1. The van der Waals surface area contributed by atoms with Gasteiger partial charge in [-0.2, -0.15) is 4.68 Å². The summed E-state index contributed by atoms with van der Waals surface area (Å²) in [6.07, 6.45) is 1.21. The lowest BCUT2D eigenvalue weighted by atomic mass is 10.0. The highest BCUT2D eigenvalue weighted by atomic mass is 19.1. The molecule has 0 bridgehead atoms. The van der Waals surface area contributed by atoms with Crippen LogP contribution >= 0.6 is 0 Å². The number of nitrogens with one attached hydrogen (secondary N) is 1. The van der Waals surface area contributed by atoms with Crippen molar-refractivity contribution in [1.82, 2.24) is 25.2 Å². The van der Waals surface area contributed by atoms with E-state index in [4.69, 9.17) is 4.74 Å². The predicted molar refractivity (Wildman–Crippen MR) is 123 cm³/mol. The van der Waals surface area contributed by atoms with Gasteiger partial charge in [0.15, 0.2) is 0 Å². The highest BCUT2D eigenvalue weighted by Gasteiger charge is 2.32. The van der Waals surface area contributed by atoms with Gasteiger partial charge < -0.3 is 15.0 Å². The van der Waals surface area contributed by atoms with E-state index in [2.05, 4.69) is 15.6 Å². The number of hydrogen-bond acceptors (Lipinski definition) is 6. The average Bonchev–Trinajstić information content (AvgIpc) is 3.47. The second-order valence-corrected chi connectivity index (χ2v) is 8.51. The first-order valence-electron chi connectivity index (χ1n) is 11.2. The van der Waals surface area contributed by atoms with Crippen LogP contribution in [0.15, 0.2) is 48.7 Å². The van der Waals surface area contributed by atoms with Crippen molar-refractivity contribution in [2.45, 2.75) is 26.0 Å². The number of cyclic esters (lactones) is 1. The largest absolute Gasteiger partial charge is 0.442 e. The summed E-state index contributed by atoms with van der Waals surface area (Å²) in [7, 11) is 0. The van der Waals surface area contributed by atoms with Gasteiger partial charge in [0.05, 0.1) is 30.7 Å². The van der Waals surface area contributed by atoms with Crippen molar-refractivity contribution in [3.05, 3.63) is 65.7 Å². The molecule has 1 saturated heterocycles. The zero-order valence-electron chi connectivity index (χ0n) is 19.0. The fourth-order valence-corrected chi connectivity index (χ4v) is 4.23. The van der Waals surface area contributed by atoms with Crippen LogP contribution < -0.4 is 10.2 Å². The molecular formula is C24H23FN6O4. The molecule has 1 aromatic heterocycles. The third-order valence-corrected chi connectivity index (χ3v) is 6.06. The molecule has 1 unspecified atom stereocenters. The fourth-order valence-electron chi connectivity index (χ4n) is 4.23. The topological polar surface area (TPSA) is 110 Å². The first-order chi connectivity index (χ1) is 16.9. The molecule has 3 amide bonds. The third kappa shape index (κ3) is 4.57. The Kier molecular flexibility index (Phi) is 5.89. The maximum Gasteiger partial charge on any atom is 0.414 e. The minimum atomic E-state index is -0.581. The molecule has 2 aromatic carbocycles. The summed E-state index contributed by atoms with van der Waals surface area (Å²) in [6, 6.07) is 11.7. The number of amides is 3. The Morgan fingerprint density at radius 2 is 2.00 bits per heavy atom. The smallest absolute Gasteiger partial charge is 0.414 e. The molecule has 0 spiro atoms. The van der Waals surface area contributed by atoms with Crippen molar-refractivity contribution < 1.29 is 23.5 Å². The molecule has 2 aliphatic heterocycles. The lowest BCUT2D eigenvalue weighted by molar-refractivity contribution is -0.119. The molecule has 1 fully saturated rings. The van der Waals surface area contributed by atoms with E-state index < -0.39 is 18.0 Å². The fraction of sp³-hybridized carbons (Fsp3) is 0.292. The van der Waals surface area contributed by atoms with Crippen LogP contribution in [0, 0.1) is 5.82 Å². The van der Waals surface area contributed by atoms with Crippen molar-refractivity contribution in [1.29, 1.82) is 0 Å². The zero-order chi connectivity index (χ0) is 24.5. The molecule has 3 aromatic rings. The number of carbonyl (C=O) groups excluding carboxylic acids is 3. The average molecular weight is 478 g/mol. The van der Waals surface area contributed by atoms with Crippen molar-refractivity contribution >= 4 is 23.7 Å². The molecule has 11 heteroatoms. The second-order valence-electron chi connectivity index (χ2n) is 8.51. The van der Waals surface area contributed by atoms with Crippen molar-refractivity contribution in [2.24, 2.45) is 0 Å². The molecule has 10 nitrogen and oxygen atoms in total. The Balaban J connectivity index is 1.26. The van der Waals surface area contributed by atoms with Crippen molar-refractivity contribution in [2.75, 3.05) is 24.5 Å². The van der Waals surface area contributed by atoms with Gasteiger partial charge in [0.25, 0.3) is 0 Å². The van der Waals surface area contributed by atoms with E-state index in [-0.39, 0.29) is 25.0 Å². The van der Waals surface area contributed by atoms with Crippen LogP contribution in [-0.4, -0.2) is 63.7 Å². The minimum absolute atomic E-state index is 0.202. The van der Waals surface area contributed by atoms with E-state index >= 15 is 0 Å². The zero-order valence-corrected chi connectivity index (χ0v) is 19.0. The van der Waals surface area contributed by atoms with E-state index in [9.17, 15) is 18.8 Å². The van der Waals surface area contributed by atoms with Crippen molar-refractivity contribution in [3.63, 3.8) is 0 Å². The summed E-state index contributed by atoms with van der Waals surface area (Å²) < 4.78 is 21.6. The summed E-state index contributed by atoms with van der Waals surface area (Å²) in [5, 5.41) is 10.2. The monoisotopic (exact) mass is 478 g/mol. The molecule has 1 N–H and O–H groups in total. The molecule has 180 valence electrons. The van der Waals surface area contributed by atoms with Gasteiger partial charge in [-0.05, 0) is 29.3 Å². The lowest BCUT2D eigenvalue weighted by Crippen LogP contribution is -2.41. The number of carbonyl (C=O) groups is 3. The Morgan fingerprint density at radius 1 is 1.20 bits per heavy atom. The van der Waals surface area contributed by atoms with Crippen molar-refractivity contribution in [3.8, 4) is 11.1 Å². The van der Waals surface area contributed by atoms with Gasteiger partial charge in [-0.15, -0.1) is 5.10 Å². The number of fused-ring (bicyclic) bond motifs is 1. The summed E-state index contributed by atoms with van der Waals surface area (Å²) >= 11 is 0. The third-order valence-electron chi connectivity index (χ3n) is 6.06. The first kappa shape index (κ1) is 22.5. The van der Waals surface area contributed by atoms with Crippen LogP contribution in [0.4, 0.5) is 19.7 Å². The number of hydrogen-bond donors (Lipinski definition) is 1. The number of rotatable bonds is 6. The first-order valence-corrected chi connectivity index (χ1v) is 11.2. The van der Waals surface area contributed by atoms with Crippen LogP contribution in [0.2, 0.25) is 0 Å². The molecule has 2 aliphatic rings. The molecule has 0 saturated carbocycles. The van der Waals surface area contributed by atoms with E-state index in [1.165, 1.54) is 22.6 Å². The molecule has 5 rings (SSSR count). The van der Waals surface area contributed by atoms with Crippen LogP contribution in [0.25, 0.3) is 11.1 Å². The van der Waals surface area contributed by atoms with Gasteiger partial charge in [-0.1, -0.05) is 29.5 Å².